The summed E-state index contributed by atoms with van der Waals surface area (Å²) in [6.45, 7) is 3.94. The van der Waals surface area contributed by atoms with Crippen LogP contribution >= 0.6 is 15.9 Å². The molecule has 1 atom stereocenters. The number of benzene rings is 1. The van der Waals surface area contributed by atoms with Crippen molar-refractivity contribution >= 4 is 15.9 Å². The Hall–Kier alpha value is -0.580. The van der Waals surface area contributed by atoms with E-state index in [1.807, 2.05) is 32.0 Å². The van der Waals surface area contributed by atoms with E-state index in [9.17, 15) is 0 Å². The van der Waals surface area contributed by atoms with Gasteiger partial charge in [-0.25, -0.2) is 0 Å². The average molecular weight is 287 g/mol. The van der Waals surface area contributed by atoms with Crippen molar-refractivity contribution in [2.75, 3.05) is 7.11 Å². The molecule has 0 fully saturated rings. The first-order valence-electron chi connectivity index (χ1n) is 5.21. The first kappa shape index (κ1) is 13.5. The Balaban J connectivity index is 2.97. The summed E-state index contributed by atoms with van der Waals surface area (Å²) in [6.07, 6.45) is 0.708. The van der Waals surface area contributed by atoms with Crippen molar-refractivity contribution in [3.05, 3.63) is 28.2 Å². The van der Waals surface area contributed by atoms with Crippen molar-refractivity contribution in [1.29, 1.82) is 0 Å². The van der Waals surface area contributed by atoms with Gasteiger partial charge in [0.05, 0.1) is 7.11 Å². The third-order valence-electron chi connectivity index (χ3n) is 2.34. The lowest BCUT2D eigenvalue weighted by Gasteiger charge is -2.24. The highest BCUT2D eigenvalue weighted by molar-refractivity contribution is 9.10. The Kier molecular flexibility index (Phi) is 4.35. The molecule has 0 saturated heterocycles. The maximum absolute atomic E-state index is 6.15. The Morgan fingerprint density at radius 3 is 2.56 bits per heavy atom. The lowest BCUT2D eigenvalue weighted by atomic mass is 9.92. The minimum atomic E-state index is -0.285. The van der Waals surface area contributed by atoms with E-state index in [0.29, 0.717) is 6.42 Å². The Morgan fingerprint density at radius 1 is 1.44 bits per heavy atom. The summed E-state index contributed by atoms with van der Waals surface area (Å²) in [4.78, 5) is 0. The molecule has 1 aromatic rings. The molecule has 0 aliphatic carbocycles. The highest BCUT2D eigenvalue weighted by Crippen LogP contribution is 2.30. The summed E-state index contributed by atoms with van der Waals surface area (Å²) in [5.74, 6) is 0.806. The molecule has 0 aliphatic heterocycles. The standard InChI is InChI=1S/C12H19BrN2O/c1-12(2,15)7-10(14)9-6-8(13)4-5-11(9)16-3/h4-6,10H,7,14-15H2,1-3H3. The molecule has 0 aromatic heterocycles. The van der Waals surface area contributed by atoms with Crippen LogP contribution in [-0.4, -0.2) is 12.6 Å². The number of rotatable bonds is 4. The highest BCUT2D eigenvalue weighted by Gasteiger charge is 2.20. The molecule has 3 nitrogen and oxygen atoms in total. The van der Waals surface area contributed by atoms with Crippen LogP contribution in [0.1, 0.15) is 31.9 Å². The zero-order chi connectivity index (χ0) is 12.3. The molecule has 0 radical (unpaired) electrons. The van der Waals surface area contributed by atoms with E-state index >= 15 is 0 Å². The minimum Gasteiger partial charge on any atom is -0.496 e. The van der Waals surface area contributed by atoms with E-state index in [4.69, 9.17) is 16.2 Å². The molecule has 0 saturated carbocycles. The van der Waals surface area contributed by atoms with Crippen molar-refractivity contribution in [2.24, 2.45) is 11.5 Å². The molecule has 16 heavy (non-hydrogen) atoms. The van der Waals surface area contributed by atoms with Crippen molar-refractivity contribution in [1.82, 2.24) is 0 Å². The quantitative estimate of drug-likeness (QED) is 0.894. The monoisotopic (exact) mass is 286 g/mol. The van der Waals surface area contributed by atoms with Crippen LogP contribution in [0.4, 0.5) is 0 Å². The van der Waals surface area contributed by atoms with Gasteiger partial charge in [0.15, 0.2) is 0 Å². The first-order valence-corrected chi connectivity index (χ1v) is 6.00. The van der Waals surface area contributed by atoms with E-state index < -0.39 is 0 Å². The van der Waals surface area contributed by atoms with Gasteiger partial charge in [-0.3, -0.25) is 0 Å². The van der Waals surface area contributed by atoms with Gasteiger partial charge in [0.2, 0.25) is 0 Å². The zero-order valence-electron chi connectivity index (χ0n) is 9.96. The van der Waals surface area contributed by atoms with Crippen LogP contribution in [0, 0.1) is 0 Å². The molecule has 0 spiro atoms. The fourth-order valence-electron chi connectivity index (χ4n) is 1.67. The summed E-state index contributed by atoms with van der Waals surface area (Å²) in [5.41, 5.74) is 12.8. The fraction of sp³-hybridized carbons (Fsp3) is 0.500. The van der Waals surface area contributed by atoms with Gasteiger partial charge >= 0.3 is 0 Å². The van der Waals surface area contributed by atoms with Crippen LogP contribution in [0.25, 0.3) is 0 Å². The van der Waals surface area contributed by atoms with Gasteiger partial charge in [0, 0.05) is 21.6 Å². The van der Waals surface area contributed by atoms with E-state index in [1.165, 1.54) is 0 Å². The van der Waals surface area contributed by atoms with E-state index in [0.717, 1.165) is 15.8 Å². The van der Waals surface area contributed by atoms with Crippen LogP contribution in [0.2, 0.25) is 0 Å². The van der Waals surface area contributed by atoms with Crippen LogP contribution < -0.4 is 16.2 Å². The van der Waals surface area contributed by atoms with Gasteiger partial charge in [-0.15, -0.1) is 0 Å². The SMILES string of the molecule is COc1ccc(Br)cc1C(N)CC(C)(C)N. The summed E-state index contributed by atoms with van der Waals surface area (Å²) < 4.78 is 6.29. The molecule has 0 aliphatic rings. The Labute approximate surface area is 105 Å². The van der Waals surface area contributed by atoms with Crippen LogP contribution in [0.3, 0.4) is 0 Å². The van der Waals surface area contributed by atoms with Crippen molar-refractivity contribution in [3.8, 4) is 5.75 Å². The second-order valence-corrected chi connectivity index (χ2v) is 5.60. The maximum atomic E-state index is 6.15. The number of ether oxygens (including phenoxy) is 1. The van der Waals surface area contributed by atoms with Crippen molar-refractivity contribution in [2.45, 2.75) is 31.8 Å². The van der Waals surface area contributed by atoms with Crippen molar-refractivity contribution < 1.29 is 4.74 Å². The van der Waals surface area contributed by atoms with Crippen molar-refractivity contribution in [3.63, 3.8) is 0 Å². The molecule has 4 N–H and O–H groups in total. The lowest BCUT2D eigenvalue weighted by Crippen LogP contribution is -2.36. The molecule has 1 rings (SSSR count). The predicted molar refractivity (Wildman–Crippen MR) is 70.5 cm³/mol. The minimum absolute atomic E-state index is 0.118. The number of hydrogen-bond acceptors (Lipinski definition) is 3. The molecule has 1 unspecified atom stereocenters. The highest BCUT2D eigenvalue weighted by atomic mass is 79.9. The third kappa shape index (κ3) is 3.77. The predicted octanol–water partition coefficient (Wildman–Crippen LogP) is 2.58. The number of hydrogen-bond donors (Lipinski definition) is 2. The van der Waals surface area contributed by atoms with Gasteiger partial charge in [-0.05, 0) is 38.5 Å². The summed E-state index contributed by atoms with van der Waals surface area (Å²) >= 11 is 3.43. The summed E-state index contributed by atoms with van der Waals surface area (Å²) in [7, 11) is 1.65. The number of methoxy groups -OCH3 is 1. The lowest BCUT2D eigenvalue weighted by molar-refractivity contribution is 0.388. The van der Waals surface area contributed by atoms with Gasteiger partial charge in [0.25, 0.3) is 0 Å². The van der Waals surface area contributed by atoms with Gasteiger partial charge in [-0.1, -0.05) is 15.9 Å². The second-order valence-electron chi connectivity index (χ2n) is 4.69. The Morgan fingerprint density at radius 2 is 2.06 bits per heavy atom. The zero-order valence-corrected chi connectivity index (χ0v) is 11.5. The summed E-state index contributed by atoms with van der Waals surface area (Å²) in [5, 5.41) is 0. The molecular weight excluding hydrogens is 268 g/mol. The summed E-state index contributed by atoms with van der Waals surface area (Å²) in [6, 6.07) is 5.70. The largest absolute Gasteiger partial charge is 0.496 e. The van der Waals surface area contributed by atoms with Gasteiger partial charge in [-0.2, -0.15) is 0 Å². The van der Waals surface area contributed by atoms with Gasteiger partial charge in [0.1, 0.15) is 5.75 Å². The topological polar surface area (TPSA) is 61.3 Å². The molecule has 0 amide bonds. The molecule has 90 valence electrons. The normalized spacial score (nSPS) is 13.6. The molecule has 1 aromatic carbocycles. The van der Waals surface area contributed by atoms with E-state index in [-0.39, 0.29) is 11.6 Å². The molecule has 4 heteroatoms. The third-order valence-corrected chi connectivity index (χ3v) is 2.83. The first-order chi connectivity index (χ1) is 7.33. The van der Waals surface area contributed by atoms with Crippen LogP contribution in [0.15, 0.2) is 22.7 Å². The van der Waals surface area contributed by atoms with Crippen LogP contribution in [-0.2, 0) is 0 Å². The maximum Gasteiger partial charge on any atom is 0.123 e. The smallest absolute Gasteiger partial charge is 0.123 e. The Bertz CT molecular complexity index is 361. The van der Waals surface area contributed by atoms with Crippen LogP contribution in [0.5, 0.6) is 5.75 Å². The average Bonchev–Trinajstić information content (AvgIpc) is 2.15. The van der Waals surface area contributed by atoms with E-state index in [1.54, 1.807) is 7.11 Å². The molecule has 0 bridgehead atoms. The number of nitrogens with two attached hydrogens (primary N) is 2. The molecule has 0 heterocycles. The number of halogens is 1. The molecular formula is C12H19BrN2O. The van der Waals surface area contributed by atoms with E-state index in [2.05, 4.69) is 15.9 Å². The van der Waals surface area contributed by atoms with Gasteiger partial charge < -0.3 is 16.2 Å². The fourth-order valence-corrected chi connectivity index (χ4v) is 2.05. The second kappa shape index (κ2) is 5.17.